The largest absolute Gasteiger partial charge is 0.461 e. The first-order valence-corrected chi connectivity index (χ1v) is 13.3. The third kappa shape index (κ3) is 4.84. The quantitative estimate of drug-likeness (QED) is 0.299. The summed E-state index contributed by atoms with van der Waals surface area (Å²) < 4.78 is 45.0. The van der Waals surface area contributed by atoms with Gasteiger partial charge in [-0.2, -0.15) is 13.9 Å². The first kappa shape index (κ1) is 26.1. The molecule has 3 aromatic heterocycles. The van der Waals surface area contributed by atoms with Crippen LogP contribution in [0.15, 0.2) is 43.0 Å². The molecule has 0 bridgehead atoms. The molecule has 1 unspecified atom stereocenters. The Morgan fingerprint density at radius 1 is 1.05 bits per heavy atom. The summed E-state index contributed by atoms with van der Waals surface area (Å²) in [6, 6.07) is 7.30. The van der Waals surface area contributed by atoms with Crippen LogP contribution < -0.4 is 9.64 Å². The SMILES string of the molecule is Cc1[nH]c(C2(C)CCN(c3ncnc4c3C=C(c3cnn(C(F)F)c3)C4)CC2)nc1-c1ccc(OC(C)F)cc1. The first-order valence-electron chi connectivity index (χ1n) is 13.3. The van der Waals surface area contributed by atoms with E-state index in [4.69, 9.17) is 9.72 Å². The zero-order valence-electron chi connectivity index (χ0n) is 22.5. The molecule has 4 heterocycles. The maximum absolute atomic E-state index is 13.2. The second-order valence-corrected chi connectivity index (χ2v) is 10.7. The number of piperidine rings is 1. The van der Waals surface area contributed by atoms with Gasteiger partial charge in [-0.1, -0.05) is 6.92 Å². The second kappa shape index (κ2) is 10.1. The van der Waals surface area contributed by atoms with Gasteiger partial charge in [0.05, 0.1) is 17.6 Å². The summed E-state index contributed by atoms with van der Waals surface area (Å²) in [7, 11) is 0. The van der Waals surface area contributed by atoms with E-state index < -0.39 is 12.9 Å². The normalized spacial score (nSPS) is 17.2. The molecule has 208 valence electrons. The number of hydrogen-bond donors (Lipinski definition) is 1. The van der Waals surface area contributed by atoms with Crippen molar-refractivity contribution in [1.29, 1.82) is 0 Å². The Balaban J connectivity index is 1.18. The highest BCUT2D eigenvalue weighted by Gasteiger charge is 2.36. The maximum Gasteiger partial charge on any atom is 0.333 e. The van der Waals surface area contributed by atoms with Crippen LogP contribution in [0.3, 0.4) is 0 Å². The molecule has 0 radical (unpaired) electrons. The summed E-state index contributed by atoms with van der Waals surface area (Å²) in [4.78, 5) is 19.9. The van der Waals surface area contributed by atoms with Gasteiger partial charge in [-0.15, -0.1) is 0 Å². The van der Waals surface area contributed by atoms with Crippen molar-refractivity contribution in [1.82, 2.24) is 29.7 Å². The lowest BCUT2D eigenvalue weighted by molar-refractivity contribution is 0.0566. The average molecular weight is 550 g/mol. The number of imidazole rings is 1. The minimum atomic E-state index is -2.67. The number of allylic oxidation sites excluding steroid dienone is 1. The summed E-state index contributed by atoms with van der Waals surface area (Å²) in [6.45, 7) is 4.50. The lowest BCUT2D eigenvalue weighted by Crippen LogP contribution is -2.42. The summed E-state index contributed by atoms with van der Waals surface area (Å²) in [5.41, 5.74) is 6.05. The minimum Gasteiger partial charge on any atom is -0.461 e. The van der Waals surface area contributed by atoms with Gasteiger partial charge in [0.15, 0.2) is 0 Å². The van der Waals surface area contributed by atoms with Crippen molar-refractivity contribution in [2.75, 3.05) is 18.0 Å². The molecule has 0 amide bonds. The lowest BCUT2D eigenvalue weighted by Gasteiger charge is -2.39. The molecule has 40 heavy (non-hydrogen) atoms. The van der Waals surface area contributed by atoms with Crippen molar-refractivity contribution in [3.63, 3.8) is 0 Å². The van der Waals surface area contributed by atoms with Gasteiger partial charge in [0.2, 0.25) is 6.36 Å². The number of hydrogen-bond acceptors (Lipinski definition) is 6. The molecule has 1 saturated heterocycles. The monoisotopic (exact) mass is 549 g/mol. The number of nitrogens with one attached hydrogen (secondary N) is 1. The molecule has 1 fully saturated rings. The van der Waals surface area contributed by atoms with Crippen LogP contribution in [-0.4, -0.2) is 49.2 Å². The molecule has 1 aromatic carbocycles. The van der Waals surface area contributed by atoms with Crippen molar-refractivity contribution in [2.24, 2.45) is 0 Å². The molecule has 8 nitrogen and oxygen atoms in total. The van der Waals surface area contributed by atoms with E-state index in [0.717, 1.165) is 71.4 Å². The molecular formula is C29H30F3N7O. The van der Waals surface area contributed by atoms with Gasteiger partial charge in [0.1, 0.15) is 23.7 Å². The zero-order chi connectivity index (χ0) is 28.0. The van der Waals surface area contributed by atoms with Gasteiger partial charge in [-0.05, 0) is 55.7 Å². The fourth-order valence-electron chi connectivity index (χ4n) is 5.52. The molecule has 1 N–H and O–H groups in total. The molecular weight excluding hydrogens is 519 g/mol. The third-order valence-electron chi connectivity index (χ3n) is 7.84. The predicted octanol–water partition coefficient (Wildman–Crippen LogP) is 6.12. The van der Waals surface area contributed by atoms with E-state index in [1.54, 1.807) is 18.5 Å². The third-order valence-corrected chi connectivity index (χ3v) is 7.84. The van der Waals surface area contributed by atoms with Crippen LogP contribution in [0.25, 0.3) is 22.9 Å². The number of nitrogens with zero attached hydrogens (tertiary/aromatic N) is 6. The van der Waals surface area contributed by atoms with E-state index in [2.05, 4.69) is 31.9 Å². The molecule has 1 aliphatic heterocycles. The zero-order valence-corrected chi connectivity index (χ0v) is 22.5. The number of aromatic amines is 1. The Bertz CT molecular complexity index is 1550. The van der Waals surface area contributed by atoms with Gasteiger partial charge in [-0.25, -0.2) is 24.0 Å². The molecule has 11 heteroatoms. The number of fused-ring (bicyclic) bond motifs is 1. The number of benzene rings is 1. The fourth-order valence-corrected chi connectivity index (χ4v) is 5.52. The Morgan fingerprint density at radius 2 is 1.80 bits per heavy atom. The van der Waals surface area contributed by atoms with E-state index in [1.165, 1.54) is 19.3 Å². The highest BCUT2D eigenvalue weighted by Crippen LogP contribution is 2.40. The van der Waals surface area contributed by atoms with Gasteiger partial charge < -0.3 is 14.6 Å². The summed E-state index contributed by atoms with van der Waals surface area (Å²) in [6.07, 6.45) is 7.35. The van der Waals surface area contributed by atoms with Gasteiger partial charge in [0, 0.05) is 60.4 Å². The van der Waals surface area contributed by atoms with Crippen LogP contribution in [-0.2, 0) is 11.8 Å². The molecule has 4 aromatic rings. The number of aryl methyl sites for hydroxylation is 1. The summed E-state index contributed by atoms with van der Waals surface area (Å²) in [5, 5.41) is 3.77. The first-order chi connectivity index (χ1) is 19.2. The smallest absolute Gasteiger partial charge is 0.333 e. The van der Waals surface area contributed by atoms with Crippen molar-refractivity contribution in [2.45, 2.75) is 58.4 Å². The van der Waals surface area contributed by atoms with Crippen molar-refractivity contribution >= 4 is 17.5 Å². The summed E-state index contributed by atoms with van der Waals surface area (Å²) in [5.74, 6) is 2.29. The number of rotatable bonds is 7. The molecule has 1 atom stereocenters. The van der Waals surface area contributed by atoms with Crippen LogP contribution in [0.2, 0.25) is 0 Å². The number of anilines is 1. The van der Waals surface area contributed by atoms with E-state index in [-0.39, 0.29) is 5.41 Å². The van der Waals surface area contributed by atoms with E-state index in [1.807, 2.05) is 25.1 Å². The lowest BCUT2D eigenvalue weighted by atomic mass is 9.79. The molecule has 6 rings (SSSR count). The molecule has 0 spiro atoms. The van der Waals surface area contributed by atoms with Crippen LogP contribution in [0.1, 0.15) is 61.6 Å². The number of halogens is 3. The Kier molecular flexibility index (Phi) is 6.59. The number of ether oxygens (including phenoxy) is 1. The molecule has 1 aliphatic carbocycles. The fraction of sp³-hybridized carbons (Fsp3) is 0.379. The van der Waals surface area contributed by atoms with Gasteiger partial charge in [-0.3, -0.25) is 0 Å². The standard InChI is InChI=1S/C29H30F3N7O/c1-17-25(19-4-6-22(7-5-19)40-18(2)30)37-27(36-17)29(3)8-10-38(11-9-29)26-23-12-20(13-24(23)33-16-34-26)21-14-35-39(15-21)28(31)32/h4-7,12,14-16,18,28H,8-11,13H2,1-3H3,(H,36,37). The predicted molar refractivity (Wildman–Crippen MR) is 146 cm³/mol. The number of alkyl halides is 3. The Labute approximate surface area is 229 Å². The van der Waals surface area contributed by atoms with Crippen molar-refractivity contribution in [3.8, 4) is 17.0 Å². The van der Waals surface area contributed by atoms with Crippen LogP contribution in [0.4, 0.5) is 19.0 Å². The summed E-state index contributed by atoms with van der Waals surface area (Å²) >= 11 is 0. The highest BCUT2D eigenvalue weighted by atomic mass is 19.3. The van der Waals surface area contributed by atoms with E-state index >= 15 is 0 Å². The topological polar surface area (TPSA) is 84.8 Å². The van der Waals surface area contributed by atoms with Gasteiger partial charge >= 0.3 is 6.55 Å². The van der Waals surface area contributed by atoms with E-state index in [9.17, 15) is 13.2 Å². The van der Waals surface area contributed by atoms with E-state index in [0.29, 0.717) is 22.4 Å². The maximum atomic E-state index is 13.2. The van der Waals surface area contributed by atoms with Crippen molar-refractivity contribution < 1.29 is 17.9 Å². The minimum absolute atomic E-state index is 0.146. The van der Waals surface area contributed by atoms with Crippen LogP contribution in [0.5, 0.6) is 5.75 Å². The number of aromatic nitrogens is 6. The number of H-pyrrole nitrogens is 1. The molecule has 2 aliphatic rings. The van der Waals surface area contributed by atoms with Crippen LogP contribution in [0, 0.1) is 6.92 Å². The highest BCUT2D eigenvalue weighted by molar-refractivity contribution is 5.90. The van der Waals surface area contributed by atoms with Gasteiger partial charge in [0.25, 0.3) is 0 Å². The van der Waals surface area contributed by atoms with Crippen LogP contribution >= 0.6 is 0 Å². The van der Waals surface area contributed by atoms with Crippen molar-refractivity contribution in [3.05, 3.63) is 71.3 Å². The molecule has 0 saturated carbocycles. The average Bonchev–Trinajstić information content (AvgIpc) is 3.67. The second-order valence-electron chi connectivity index (χ2n) is 10.7. The Hall–Kier alpha value is -4.15. The Morgan fingerprint density at radius 3 is 2.48 bits per heavy atom.